The fourth-order valence-corrected chi connectivity index (χ4v) is 2.75. The Morgan fingerprint density at radius 1 is 1.17 bits per heavy atom. The molecule has 2 rings (SSSR count). The molecule has 134 valence electrons. The molecular weight excluding hydrogens is 300 g/mol. The molecule has 0 aliphatic carbocycles. The second-order valence-electron chi connectivity index (χ2n) is 7.30. The summed E-state index contributed by atoms with van der Waals surface area (Å²) in [6, 6.07) is 0. The van der Waals surface area contributed by atoms with E-state index in [2.05, 4.69) is 0 Å². The Morgan fingerprint density at radius 2 is 1.74 bits per heavy atom. The highest BCUT2D eigenvalue weighted by Crippen LogP contribution is 2.33. The highest BCUT2D eigenvalue weighted by atomic mass is 16.7. The van der Waals surface area contributed by atoms with Crippen molar-refractivity contribution in [2.75, 3.05) is 20.3 Å². The number of hydrogen-bond donors (Lipinski definition) is 0. The van der Waals surface area contributed by atoms with E-state index in [1.165, 1.54) is 0 Å². The molecule has 2 fully saturated rings. The molecule has 2 aliphatic heterocycles. The Kier molecular flexibility index (Phi) is 6.05. The van der Waals surface area contributed by atoms with Gasteiger partial charge in [0.2, 0.25) is 0 Å². The molecule has 0 aromatic carbocycles. The first-order valence-corrected chi connectivity index (χ1v) is 8.42. The van der Waals surface area contributed by atoms with E-state index in [4.69, 9.17) is 23.7 Å². The maximum absolute atomic E-state index is 12.3. The number of esters is 1. The maximum atomic E-state index is 12.3. The van der Waals surface area contributed by atoms with Crippen LogP contribution in [0.2, 0.25) is 0 Å². The SMILES string of the molecule is CCC(C)(C)C(=O)OC1COC2C(OC(OC)C(C)C)COC12. The van der Waals surface area contributed by atoms with Crippen LogP contribution < -0.4 is 0 Å². The van der Waals surface area contributed by atoms with E-state index in [0.29, 0.717) is 13.2 Å². The van der Waals surface area contributed by atoms with Gasteiger partial charge in [-0.05, 0) is 20.3 Å². The third-order valence-corrected chi connectivity index (χ3v) is 4.74. The zero-order valence-corrected chi connectivity index (χ0v) is 15.0. The van der Waals surface area contributed by atoms with Gasteiger partial charge < -0.3 is 23.7 Å². The third kappa shape index (κ3) is 4.05. The first kappa shape index (κ1) is 18.6. The number of hydrogen-bond acceptors (Lipinski definition) is 6. The average Bonchev–Trinajstić information content (AvgIpc) is 3.07. The van der Waals surface area contributed by atoms with Crippen LogP contribution in [0.3, 0.4) is 0 Å². The molecule has 0 N–H and O–H groups in total. The predicted molar refractivity (Wildman–Crippen MR) is 83.9 cm³/mol. The van der Waals surface area contributed by atoms with Crippen molar-refractivity contribution in [3.63, 3.8) is 0 Å². The predicted octanol–water partition coefficient (Wildman–Crippen LogP) is 2.15. The molecule has 0 aromatic rings. The fraction of sp³-hybridized carbons (Fsp3) is 0.941. The van der Waals surface area contributed by atoms with Gasteiger partial charge in [0.15, 0.2) is 12.4 Å². The zero-order chi connectivity index (χ0) is 17.2. The molecular formula is C17H30O6. The van der Waals surface area contributed by atoms with Crippen LogP contribution in [-0.2, 0) is 28.5 Å². The van der Waals surface area contributed by atoms with E-state index in [9.17, 15) is 4.79 Å². The van der Waals surface area contributed by atoms with Crippen LogP contribution in [0.5, 0.6) is 0 Å². The van der Waals surface area contributed by atoms with Crippen LogP contribution in [-0.4, -0.2) is 57.0 Å². The minimum atomic E-state index is -0.495. The van der Waals surface area contributed by atoms with Crippen molar-refractivity contribution >= 4 is 5.97 Å². The van der Waals surface area contributed by atoms with E-state index in [-0.39, 0.29) is 42.6 Å². The second-order valence-corrected chi connectivity index (χ2v) is 7.30. The molecule has 2 heterocycles. The number of carbonyl (C=O) groups excluding carboxylic acids is 1. The van der Waals surface area contributed by atoms with Gasteiger partial charge in [-0.2, -0.15) is 0 Å². The summed E-state index contributed by atoms with van der Waals surface area (Å²) in [5.74, 6) is 0.0265. The van der Waals surface area contributed by atoms with Gasteiger partial charge in [-0.15, -0.1) is 0 Å². The standard InChI is InChI=1S/C17H30O6/c1-7-17(4,5)16(18)23-12-9-21-13-11(8-20-14(12)13)22-15(19-6)10(2)3/h10-15H,7-9H2,1-6H3. The number of fused-ring (bicyclic) bond motifs is 1. The smallest absolute Gasteiger partial charge is 0.311 e. The van der Waals surface area contributed by atoms with Gasteiger partial charge in [-0.3, -0.25) is 4.79 Å². The van der Waals surface area contributed by atoms with Gasteiger partial charge in [0, 0.05) is 13.0 Å². The summed E-state index contributed by atoms with van der Waals surface area (Å²) in [5, 5.41) is 0. The van der Waals surface area contributed by atoms with Crippen molar-refractivity contribution in [1.82, 2.24) is 0 Å². The lowest BCUT2D eigenvalue weighted by molar-refractivity contribution is -0.194. The summed E-state index contributed by atoms with van der Waals surface area (Å²) in [4.78, 5) is 12.3. The summed E-state index contributed by atoms with van der Waals surface area (Å²) < 4.78 is 28.5. The molecule has 0 saturated carbocycles. The minimum Gasteiger partial charge on any atom is -0.457 e. The molecule has 0 bridgehead atoms. The molecule has 0 radical (unpaired) electrons. The zero-order valence-electron chi connectivity index (χ0n) is 15.0. The van der Waals surface area contributed by atoms with Gasteiger partial charge in [0.05, 0.1) is 18.6 Å². The fourth-order valence-electron chi connectivity index (χ4n) is 2.75. The van der Waals surface area contributed by atoms with E-state index in [1.54, 1.807) is 7.11 Å². The first-order chi connectivity index (χ1) is 10.8. The molecule has 5 unspecified atom stereocenters. The van der Waals surface area contributed by atoms with Crippen molar-refractivity contribution in [3.8, 4) is 0 Å². The molecule has 2 aliphatic rings. The van der Waals surface area contributed by atoms with Crippen molar-refractivity contribution in [2.24, 2.45) is 11.3 Å². The van der Waals surface area contributed by atoms with Crippen LogP contribution in [0.25, 0.3) is 0 Å². The van der Waals surface area contributed by atoms with E-state index in [1.807, 2.05) is 34.6 Å². The van der Waals surface area contributed by atoms with Crippen LogP contribution >= 0.6 is 0 Å². The van der Waals surface area contributed by atoms with Crippen molar-refractivity contribution in [3.05, 3.63) is 0 Å². The molecule has 6 heteroatoms. The molecule has 0 spiro atoms. The third-order valence-electron chi connectivity index (χ3n) is 4.74. The lowest BCUT2D eigenvalue weighted by Crippen LogP contribution is -2.39. The summed E-state index contributed by atoms with van der Waals surface area (Å²) in [6.45, 7) is 10.6. The summed E-state index contributed by atoms with van der Waals surface area (Å²) >= 11 is 0. The Bertz CT molecular complexity index is 408. The quantitative estimate of drug-likeness (QED) is 0.526. The number of ether oxygens (including phenoxy) is 5. The molecule has 0 aromatic heterocycles. The Balaban J connectivity index is 1.93. The molecule has 5 atom stereocenters. The summed E-state index contributed by atoms with van der Waals surface area (Å²) in [6.07, 6.45) is -0.617. The van der Waals surface area contributed by atoms with Gasteiger partial charge in [-0.1, -0.05) is 20.8 Å². The maximum Gasteiger partial charge on any atom is 0.311 e. The van der Waals surface area contributed by atoms with E-state index in [0.717, 1.165) is 6.42 Å². The number of rotatable bonds is 7. The van der Waals surface area contributed by atoms with Gasteiger partial charge in [0.1, 0.15) is 18.3 Å². The lowest BCUT2D eigenvalue weighted by atomic mass is 9.90. The topological polar surface area (TPSA) is 63.2 Å². The first-order valence-electron chi connectivity index (χ1n) is 8.42. The van der Waals surface area contributed by atoms with Gasteiger partial charge in [0.25, 0.3) is 0 Å². The monoisotopic (exact) mass is 330 g/mol. The summed E-state index contributed by atoms with van der Waals surface area (Å²) in [5.41, 5.74) is -0.495. The Morgan fingerprint density at radius 3 is 2.26 bits per heavy atom. The molecule has 2 saturated heterocycles. The molecule has 6 nitrogen and oxygen atoms in total. The Labute approximate surface area is 138 Å². The van der Waals surface area contributed by atoms with Gasteiger partial charge >= 0.3 is 5.97 Å². The van der Waals surface area contributed by atoms with Crippen molar-refractivity contribution in [2.45, 2.75) is 71.7 Å². The van der Waals surface area contributed by atoms with Crippen LogP contribution in [0, 0.1) is 11.3 Å². The van der Waals surface area contributed by atoms with Crippen molar-refractivity contribution < 1.29 is 28.5 Å². The highest BCUT2D eigenvalue weighted by molar-refractivity contribution is 5.76. The number of carbonyl (C=O) groups is 1. The summed E-state index contributed by atoms with van der Waals surface area (Å²) in [7, 11) is 1.63. The van der Waals surface area contributed by atoms with E-state index >= 15 is 0 Å². The normalized spacial score (nSPS) is 32.1. The van der Waals surface area contributed by atoms with Crippen LogP contribution in [0.4, 0.5) is 0 Å². The van der Waals surface area contributed by atoms with Crippen molar-refractivity contribution in [1.29, 1.82) is 0 Å². The largest absolute Gasteiger partial charge is 0.457 e. The van der Waals surface area contributed by atoms with E-state index < -0.39 is 5.41 Å². The second kappa shape index (κ2) is 7.47. The lowest BCUT2D eigenvalue weighted by Gasteiger charge is -2.25. The average molecular weight is 330 g/mol. The van der Waals surface area contributed by atoms with Crippen LogP contribution in [0.1, 0.15) is 41.0 Å². The van der Waals surface area contributed by atoms with Crippen LogP contribution in [0.15, 0.2) is 0 Å². The molecule has 23 heavy (non-hydrogen) atoms. The number of methoxy groups -OCH3 is 1. The minimum absolute atomic E-state index is 0.199. The van der Waals surface area contributed by atoms with Gasteiger partial charge in [-0.25, -0.2) is 0 Å². The highest BCUT2D eigenvalue weighted by Gasteiger charge is 2.51. The Hall–Kier alpha value is -0.690. The molecule has 0 amide bonds.